The van der Waals surface area contributed by atoms with Crippen molar-refractivity contribution in [2.24, 2.45) is 17.3 Å². The zero-order valence-corrected chi connectivity index (χ0v) is 10.2. The van der Waals surface area contributed by atoms with Gasteiger partial charge in [0.1, 0.15) is 5.78 Å². The summed E-state index contributed by atoms with van der Waals surface area (Å²) in [6, 6.07) is 0. The minimum absolute atomic E-state index is 0.267. The van der Waals surface area contributed by atoms with Crippen molar-refractivity contribution in [2.45, 2.75) is 50.7 Å². The van der Waals surface area contributed by atoms with E-state index in [9.17, 15) is 4.79 Å². The van der Waals surface area contributed by atoms with E-state index in [1.807, 2.05) is 0 Å². The first-order valence-corrected chi connectivity index (χ1v) is 7.02. The fourth-order valence-electron chi connectivity index (χ4n) is 4.79. The zero-order valence-electron chi connectivity index (χ0n) is 10.2. The average molecular weight is 236 g/mol. The maximum Gasteiger partial charge on any atom is 0.168 e. The number of fused-ring (bicyclic) bond motifs is 2. The van der Waals surface area contributed by atoms with Crippen molar-refractivity contribution in [3.8, 4) is 0 Å². The molecule has 2 bridgehead atoms. The van der Waals surface area contributed by atoms with Gasteiger partial charge in [0, 0.05) is 25.2 Å². The van der Waals surface area contributed by atoms with E-state index in [1.54, 1.807) is 0 Å². The third-order valence-corrected chi connectivity index (χ3v) is 5.78. The van der Waals surface area contributed by atoms with Crippen molar-refractivity contribution in [2.75, 3.05) is 13.2 Å². The number of hydrogen-bond donors (Lipinski definition) is 0. The molecule has 0 N–H and O–H groups in total. The lowest BCUT2D eigenvalue weighted by molar-refractivity contribution is -0.222. The van der Waals surface area contributed by atoms with Gasteiger partial charge in [0.15, 0.2) is 5.79 Å². The monoisotopic (exact) mass is 236 g/mol. The van der Waals surface area contributed by atoms with Gasteiger partial charge >= 0.3 is 0 Å². The van der Waals surface area contributed by atoms with E-state index in [0.29, 0.717) is 23.0 Å². The number of carbonyl (C=O) groups excluding carboxylic acids is 1. The molecule has 1 saturated heterocycles. The smallest absolute Gasteiger partial charge is 0.168 e. The van der Waals surface area contributed by atoms with Crippen LogP contribution in [0.25, 0.3) is 0 Å². The van der Waals surface area contributed by atoms with Crippen molar-refractivity contribution in [3.05, 3.63) is 0 Å². The van der Waals surface area contributed by atoms with Crippen LogP contribution in [0.2, 0.25) is 0 Å². The summed E-state index contributed by atoms with van der Waals surface area (Å²) in [5.41, 5.74) is 0.326. The summed E-state index contributed by atoms with van der Waals surface area (Å²) in [5, 5.41) is 0. The van der Waals surface area contributed by atoms with Gasteiger partial charge in [0.05, 0.1) is 13.2 Å². The number of Topliss-reactive ketones (excluding diaryl/α,β-unsaturated/α-hetero) is 1. The van der Waals surface area contributed by atoms with Crippen LogP contribution >= 0.6 is 0 Å². The molecule has 3 nitrogen and oxygen atoms in total. The molecule has 4 aliphatic carbocycles. The fraction of sp³-hybridized carbons (Fsp3) is 0.929. The molecule has 0 aromatic rings. The van der Waals surface area contributed by atoms with Gasteiger partial charge in [-0.25, -0.2) is 0 Å². The van der Waals surface area contributed by atoms with Crippen molar-refractivity contribution in [1.82, 2.24) is 0 Å². The summed E-state index contributed by atoms with van der Waals surface area (Å²) in [6.45, 7) is 1.50. The molecule has 4 saturated carbocycles. The molecule has 0 aromatic carbocycles. The van der Waals surface area contributed by atoms with Crippen LogP contribution in [-0.4, -0.2) is 24.8 Å². The van der Waals surface area contributed by atoms with E-state index in [2.05, 4.69) is 0 Å². The largest absolute Gasteiger partial charge is 0.348 e. The SMILES string of the molecule is O=C1CC23CCC1CC2CC1(CC3)OCCO1. The minimum Gasteiger partial charge on any atom is -0.348 e. The highest BCUT2D eigenvalue weighted by Crippen LogP contribution is 2.61. The maximum absolute atomic E-state index is 12.0. The Hall–Kier alpha value is -0.410. The van der Waals surface area contributed by atoms with Crippen LogP contribution in [0.5, 0.6) is 0 Å². The predicted octanol–water partition coefficient (Wildman–Crippen LogP) is 2.29. The second-order valence-corrected chi connectivity index (χ2v) is 6.49. The molecule has 0 aromatic heterocycles. The van der Waals surface area contributed by atoms with Crippen LogP contribution in [-0.2, 0) is 14.3 Å². The van der Waals surface area contributed by atoms with Gasteiger partial charge in [-0.15, -0.1) is 0 Å². The minimum atomic E-state index is -0.267. The number of carbonyl (C=O) groups is 1. The van der Waals surface area contributed by atoms with Crippen molar-refractivity contribution >= 4 is 5.78 Å². The molecular formula is C14H20O3. The predicted molar refractivity (Wildman–Crippen MR) is 61.4 cm³/mol. The molecule has 3 unspecified atom stereocenters. The molecule has 0 radical (unpaired) electrons. The topological polar surface area (TPSA) is 35.5 Å². The second-order valence-electron chi connectivity index (χ2n) is 6.49. The van der Waals surface area contributed by atoms with Crippen LogP contribution in [0.3, 0.4) is 0 Å². The van der Waals surface area contributed by atoms with Gasteiger partial charge in [0.25, 0.3) is 0 Å². The van der Waals surface area contributed by atoms with Gasteiger partial charge in [-0.05, 0) is 37.0 Å². The first kappa shape index (κ1) is 10.5. The number of ketones is 1. The molecule has 2 spiro atoms. The Morgan fingerprint density at radius 3 is 2.71 bits per heavy atom. The molecular weight excluding hydrogens is 216 g/mol. The third-order valence-electron chi connectivity index (χ3n) is 5.78. The molecule has 94 valence electrons. The van der Waals surface area contributed by atoms with Gasteiger partial charge in [-0.1, -0.05) is 0 Å². The molecule has 17 heavy (non-hydrogen) atoms. The van der Waals surface area contributed by atoms with E-state index in [0.717, 1.165) is 51.7 Å². The van der Waals surface area contributed by atoms with E-state index < -0.39 is 0 Å². The molecule has 0 amide bonds. The lowest BCUT2D eigenvalue weighted by atomic mass is 9.49. The van der Waals surface area contributed by atoms with Crippen LogP contribution in [0.1, 0.15) is 44.9 Å². The number of rotatable bonds is 0. The lowest BCUT2D eigenvalue weighted by Crippen LogP contribution is -2.54. The van der Waals surface area contributed by atoms with Gasteiger partial charge < -0.3 is 9.47 Å². The van der Waals surface area contributed by atoms with E-state index in [-0.39, 0.29) is 5.79 Å². The summed E-state index contributed by atoms with van der Waals surface area (Å²) < 4.78 is 11.7. The number of hydrogen-bond acceptors (Lipinski definition) is 3. The van der Waals surface area contributed by atoms with Gasteiger partial charge in [0.2, 0.25) is 0 Å². The van der Waals surface area contributed by atoms with Crippen molar-refractivity contribution < 1.29 is 14.3 Å². The number of ether oxygens (including phenoxy) is 2. The summed E-state index contributed by atoms with van der Waals surface area (Å²) in [4.78, 5) is 12.0. The van der Waals surface area contributed by atoms with Crippen LogP contribution in [0.4, 0.5) is 0 Å². The summed E-state index contributed by atoms with van der Waals surface area (Å²) >= 11 is 0. The standard InChI is InChI=1S/C14H20O3/c15-12-9-13-2-1-10(12)7-11(13)8-14(4-3-13)16-5-6-17-14/h10-11H,1-9H2. The Morgan fingerprint density at radius 1 is 1.12 bits per heavy atom. The van der Waals surface area contributed by atoms with Gasteiger partial charge in [-0.3, -0.25) is 4.79 Å². The fourth-order valence-corrected chi connectivity index (χ4v) is 4.79. The van der Waals surface area contributed by atoms with Crippen LogP contribution < -0.4 is 0 Å². The average Bonchev–Trinajstić information content (AvgIpc) is 2.78. The summed E-state index contributed by atoms with van der Waals surface area (Å²) in [7, 11) is 0. The van der Waals surface area contributed by atoms with E-state index in [4.69, 9.17) is 9.47 Å². The highest BCUT2D eigenvalue weighted by Gasteiger charge is 2.58. The highest BCUT2D eigenvalue weighted by atomic mass is 16.7. The van der Waals surface area contributed by atoms with E-state index >= 15 is 0 Å². The molecule has 5 aliphatic rings. The first-order chi connectivity index (χ1) is 8.22. The van der Waals surface area contributed by atoms with Crippen molar-refractivity contribution in [3.63, 3.8) is 0 Å². The molecule has 5 fully saturated rings. The quantitative estimate of drug-likeness (QED) is 0.647. The molecule has 5 rings (SSSR count). The van der Waals surface area contributed by atoms with Gasteiger partial charge in [-0.2, -0.15) is 0 Å². The Morgan fingerprint density at radius 2 is 1.94 bits per heavy atom. The van der Waals surface area contributed by atoms with Crippen LogP contribution in [0.15, 0.2) is 0 Å². The molecule has 1 aliphatic heterocycles. The second kappa shape index (κ2) is 3.33. The third kappa shape index (κ3) is 1.39. The molecule has 3 atom stereocenters. The Kier molecular flexibility index (Phi) is 2.06. The maximum atomic E-state index is 12.0. The zero-order chi connectivity index (χ0) is 11.5. The van der Waals surface area contributed by atoms with Crippen molar-refractivity contribution in [1.29, 1.82) is 0 Å². The van der Waals surface area contributed by atoms with E-state index in [1.165, 1.54) is 6.42 Å². The summed E-state index contributed by atoms with van der Waals surface area (Å²) in [6.07, 6.45) is 7.54. The lowest BCUT2D eigenvalue weighted by Gasteiger charge is -2.56. The first-order valence-electron chi connectivity index (χ1n) is 7.02. The molecule has 1 heterocycles. The Bertz CT molecular complexity index is 358. The Balaban J connectivity index is 1.61. The summed E-state index contributed by atoms with van der Waals surface area (Å²) in [5.74, 6) is 1.30. The Labute approximate surface area is 102 Å². The highest BCUT2D eigenvalue weighted by molar-refractivity contribution is 5.83. The normalized spacial score (nSPS) is 47.4. The molecule has 3 heteroatoms. The van der Waals surface area contributed by atoms with Crippen LogP contribution in [0, 0.1) is 17.3 Å².